The molecule has 1 atom stereocenters. The molecule has 0 radical (unpaired) electrons. The van der Waals surface area contributed by atoms with E-state index >= 15 is 0 Å². The minimum Gasteiger partial charge on any atom is -0.477 e. The fourth-order valence-electron chi connectivity index (χ4n) is 0.918. The van der Waals surface area contributed by atoms with Crippen LogP contribution in [0.15, 0.2) is 6.07 Å². The van der Waals surface area contributed by atoms with E-state index in [0.29, 0.717) is 0 Å². The van der Waals surface area contributed by atoms with Gasteiger partial charge in [0.05, 0.1) is 0 Å². The van der Waals surface area contributed by atoms with Gasteiger partial charge in [0.2, 0.25) is 5.91 Å². The number of H-pyrrole nitrogens is 1. The van der Waals surface area contributed by atoms with Crippen LogP contribution < -0.4 is 5.32 Å². The minimum atomic E-state index is -3.50. The standard InChI is InChI=1S/C8H11N3O5S/c1-4(17(2,15)16)7(12)9-6-3-5(8(13)14)10-11-6/h3-4H,1-2H3,(H,13,14)(H2,9,10,11,12). The highest BCUT2D eigenvalue weighted by Gasteiger charge is 2.24. The summed E-state index contributed by atoms with van der Waals surface area (Å²) in [7, 11) is -3.50. The number of nitrogens with one attached hydrogen (secondary N) is 2. The second-order valence-corrected chi connectivity index (χ2v) is 5.80. The van der Waals surface area contributed by atoms with Crippen molar-refractivity contribution < 1.29 is 23.1 Å². The van der Waals surface area contributed by atoms with Gasteiger partial charge in [-0.2, -0.15) is 5.10 Å². The van der Waals surface area contributed by atoms with Crippen LogP contribution in [0.3, 0.4) is 0 Å². The maximum absolute atomic E-state index is 11.4. The lowest BCUT2D eigenvalue weighted by atomic mass is 10.4. The Balaban J connectivity index is 2.78. The largest absolute Gasteiger partial charge is 0.477 e. The van der Waals surface area contributed by atoms with E-state index in [9.17, 15) is 18.0 Å². The van der Waals surface area contributed by atoms with Gasteiger partial charge < -0.3 is 10.4 Å². The number of carboxylic acids is 1. The molecule has 1 aromatic rings. The number of carbonyl (C=O) groups is 2. The molecule has 17 heavy (non-hydrogen) atoms. The molecule has 1 amide bonds. The number of anilines is 1. The number of rotatable bonds is 4. The predicted molar refractivity (Wildman–Crippen MR) is 58.5 cm³/mol. The van der Waals surface area contributed by atoms with Crippen molar-refractivity contribution >= 4 is 27.5 Å². The van der Waals surface area contributed by atoms with Crippen LogP contribution in [0, 0.1) is 0 Å². The summed E-state index contributed by atoms with van der Waals surface area (Å²) in [6.07, 6.45) is 0.935. The molecule has 0 aliphatic rings. The molecule has 0 saturated carbocycles. The maximum Gasteiger partial charge on any atom is 0.353 e. The Morgan fingerprint density at radius 1 is 1.53 bits per heavy atom. The number of aromatic carboxylic acids is 1. The number of aromatic nitrogens is 2. The van der Waals surface area contributed by atoms with E-state index in [2.05, 4.69) is 15.5 Å². The van der Waals surface area contributed by atoms with Gasteiger partial charge in [-0.15, -0.1) is 0 Å². The molecule has 8 nitrogen and oxygen atoms in total. The fourth-order valence-corrected chi connectivity index (χ4v) is 1.37. The second kappa shape index (κ2) is 4.53. The Morgan fingerprint density at radius 3 is 2.53 bits per heavy atom. The van der Waals surface area contributed by atoms with Crippen molar-refractivity contribution in [3.8, 4) is 0 Å². The summed E-state index contributed by atoms with van der Waals surface area (Å²) in [4.78, 5) is 22.0. The van der Waals surface area contributed by atoms with E-state index < -0.39 is 27.0 Å². The molecule has 0 fully saturated rings. The van der Waals surface area contributed by atoms with Crippen LogP contribution in [0.2, 0.25) is 0 Å². The minimum absolute atomic E-state index is 0.0390. The SMILES string of the molecule is CC(C(=O)Nc1cc(C(=O)O)[nH]n1)S(C)(=O)=O. The van der Waals surface area contributed by atoms with Crippen LogP contribution in [0.5, 0.6) is 0 Å². The molecule has 0 aliphatic carbocycles. The molecular formula is C8H11N3O5S. The Morgan fingerprint density at radius 2 is 2.12 bits per heavy atom. The normalized spacial score (nSPS) is 13.1. The van der Waals surface area contributed by atoms with Gasteiger partial charge in [0.1, 0.15) is 10.9 Å². The average molecular weight is 261 g/mol. The highest BCUT2D eigenvalue weighted by atomic mass is 32.2. The van der Waals surface area contributed by atoms with E-state index in [1.54, 1.807) is 0 Å². The van der Waals surface area contributed by atoms with Gasteiger partial charge in [-0.3, -0.25) is 9.89 Å². The maximum atomic E-state index is 11.4. The van der Waals surface area contributed by atoms with Crippen molar-refractivity contribution in [2.75, 3.05) is 11.6 Å². The first kappa shape index (κ1) is 13.2. The third kappa shape index (κ3) is 3.28. The number of carboxylic acid groups (broad SMARTS) is 1. The summed E-state index contributed by atoms with van der Waals surface area (Å²) in [6.45, 7) is 1.23. The van der Waals surface area contributed by atoms with Gasteiger partial charge in [0.25, 0.3) is 0 Å². The highest BCUT2D eigenvalue weighted by molar-refractivity contribution is 7.92. The topological polar surface area (TPSA) is 129 Å². The van der Waals surface area contributed by atoms with Crippen molar-refractivity contribution in [3.63, 3.8) is 0 Å². The summed E-state index contributed by atoms with van der Waals surface area (Å²) in [5.41, 5.74) is -0.202. The lowest BCUT2D eigenvalue weighted by molar-refractivity contribution is -0.115. The molecule has 1 rings (SSSR count). The summed E-state index contributed by atoms with van der Waals surface area (Å²) in [5.74, 6) is -2.03. The van der Waals surface area contributed by atoms with E-state index in [-0.39, 0.29) is 11.5 Å². The Hall–Kier alpha value is -1.90. The molecule has 1 heterocycles. The van der Waals surface area contributed by atoms with Crippen molar-refractivity contribution in [3.05, 3.63) is 11.8 Å². The van der Waals surface area contributed by atoms with E-state index in [1.165, 1.54) is 6.92 Å². The zero-order valence-electron chi connectivity index (χ0n) is 9.09. The smallest absolute Gasteiger partial charge is 0.353 e. The van der Waals surface area contributed by atoms with Gasteiger partial charge in [0, 0.05) is 12.3 Å². The Labute approximate surface area is 96.9 Å². The summed E-state index contributed by atoms with van der Waals surface area (Å²) in [6, 6.07) is 1.09. The van der Waals surface area contributed by atoms with Crippen LogP contribution in [0.4, 0.5) is 5.82 Å². The third-order valence-electron chi connectivity index (χ3n) is 2.07. The molecule has 0 saturated heterocycles. The molecule has 9 heteroatoms. The van der Waals surface area contributed by atoms with Crippen LogP contribution >= 0.6 is 0 Å². The summed E-state index contributed by atoms with van der Waals surface area (Å²) >= 11 is 0. The predicted octanol–water partition coefficient (Wildman–Crippen LogP) is -0.520. The van der Waals surface area contributed by atoms with Gasteiger partial charge >= 0.3 is 5.97 Å². The second-order valence-electron chi connectivity index (χ2n) is 3.43. The molecule has 0 spiro atoms. The fraction of sp³-hybridized carbons (Fsp3) is 0.375. The number of sulfone groups is 1. The number of hydrogen-bond donors (Lipinski definition) is 3. The number of amides is 1. The third-order valence-corrected chi connectivity index (χ3v) is 3.57. The van der Waals surface area contributed by atoms with E-state index in [1.807, 2.05) is 0 Å². The van der Waals surface area contributed by atoms with Crippen LogP contribution in [-0.4, -0.2) is 47.1 Å². The Bertz CT molecular complexity index is 547. The van der Waals surface area contributed by atoms with Crippen molar-refractivity contribution in [2.24, 2.45) is 0 Å². The van der Waals surface area contributed by atoms with Crippen LogP contribution in [0.25, 0.3) is 0 Å². The molecule has 3 N–H and O–H groups in total. The number of nitrogens with zero attached hydrogens (tertiary/aromatic N) is 1. The molecule has 94 valence electrons. The highest BCUT2D eigenvalue weighted by Crippen LogP contribution is 2.07. The molecule has 0 bridgehead atoms. The van der Waals surface area contributed by atoms with Gasteiger partial charge in [-0.1, -0.05) is 0 Å². The monoisotopic (exact) mass is 261 g/mol. The molecule has 1 unspecified atom stereocenters. The van der Waals surface area contributed by atoms with Gasteiger partial charge in [-0.05, 0) is 6.92 Å². The molecular weight excluding hydrogens is 250 g/mol. The average Bonchev–Trinajstić information content (AvgIpc) is 2.63. The first-order valence-corrected chi connectivity index (χ1v) is 6.45. The lowest BCUT2D eigenvalue weighted by Crippen LogP contribution is -2.31. The summed E-state index contributed by atoms with van der Waals surface area (Å²) in [5, 5.41) is 15.2. The molecule has 0 aromatic carbocycles. The molecule has 1 aromatic heterocycles. The number of hydrogen-bond acceptors (Lipinski definition) is 5. The number of aromatic amines is 1. The molecule has 0 aliphatic heterocycles. The van der Waals surface area contributed by atoms with Gasteiger partial charge in [0.15, 0.2) is 15.7 Å². The van der Waals surface area contributed by atoms with Crippen molar-refractivity contribution in [1.82, 2.24) is 10.2 Å². The van der Waals surface area contributed by atoms with E-state index in [0.717, 1.165) is 12.3 Å². The quantitative estimate of drug-likeness (QED) is 0.668. The zero-order chi connectivity index (χ0) is 13.2. The lowest BCUT2D eigenvalue weighted by Gasteiger charge is -2.07. The summed E-state index contributed by atoms with van der Waals surface area (Å²) < 4.78 is 22.2. The zero-order valence-corrected chi connectivity index (χ0v) is 9.91. The van der Waals surface area contributed by atoms with E-state index in [4.69, 9.17) is 5.11 Å². The van der Waals surface area contributed by atoms with Crippen molar-refractivity contribution in [1.29, 1.82) is 0 Å². The first-order valence-electron chi connectivity index (χ1n) is 4.50. The van der Waals surface area contributed by atoms with Crippen LogP contribution in [-0.2, 0) is 14.6 Å². The Kier molecular flexibility index (Phi) is 3.51. The van der Waals surface area contributed by atoms with Crippen molar-refractivity contribution in [2.45, 2.75) is 12.2 Å². The first-order chi connectivity index (χ1) is 7.71. The van der Waals surface area contributed by atoms with Crippen LogP contribution in [0.1, 0.15) is 17.4 Å². The number of carbonyl (C=O) groups excluding carboxylic acids is 1. The van der Waals surface area contributed by atoms with Gasteiger partial charge in [-0.25, -0.2) is 13.2 Å².